The summed E-state index contributed by atoms with van der Waals surface area (Å²) in [5.74, 6) is 0.127. The molecule has 4 nitrogen and oxygen atoms in total. The Kier molecular flexibility index (Phi) is 7.38. The zero-order chi connectivity index (χ0) is 12.8. The van der Waals surface area contributed by atoms with Crippen LogP contribution >= 0.6 is 23.7 Å². The molecule has 0 aliphatic carbocycles. The standard InChI is InChI=1S/C13H20N2O2S.ClH/c1-17-12-9-14-8-11(12)15-13(16)6-2-4-10-5-3-7-18-10;/h3,5,7,11-12,14H,2,4,6,8-9H2,1H3,(H,15,16);1H/t11-,12-;/m0./s1. The Balaban J connectivity index is 0.00000180. The Bertz CT molecular complexity index is 373. The summed E-state index contributed by atoms with van der Waals surface area (Å²) in [4.78, 5) is 13.1. The van der Waals surface area contributed by atoms with Crippen molar-refractivity contribution in [2.45, 2.75) is 31.4 Å². The lowest BCUT2D eigenvalue weighted by Crippen LogP contribution is -2.43. The number of amides is 1. The lowest BCUT2D eigenvalue weighted by molar-refractivity contribution is -0.122. The van der Waals surface area contributed by atoms with E-state index in [4.69, 9.17) is 4.74 Å². The number of aryl methyl sites for hydroxylation is 1. The molecule has 0 radical (unpaired) electrons. The molecule has 0 bridgehead atoms. The number of thiophene rings is 1. The number of hydrogen-bond donors (Lipinski definition) is 2. The second kappa shape index (κ2) is 8.53. The fraction of sp³-hybridized carbons (Fsp3) is 0.615. The molecule has 2 N–H and O–H groups in total. The fourth-order valence-electron chi connectivity index (χ4n) is 2.20. The van der Waals surface area contributed by atoms with Gasteiger partial charge in [-0.25, -0.2) is 0 Å². The maximum absolute atomic E-state index is 11.8. The van der Waals surface area contributed by atoms with Crippen LogP contribution in [0.4, 0.5) is 0 Å². The minimum atomic E-state index is 0. The van der Waals surface area contributed by atoms with Crippen molar-refractivity contribution in [1.82, 2.24) is 10.6 Å². The van der Waals surface area contributed by atoms with E-state index in [0.29, 0.717) is 6.42 Å². The third-order valence-corrected chi connectivity index (χ3v) is 4.15. The van der Waals surface area contributed by atoms with Crippen molar-refractivity contribution in [2.75, 3.05) is 20.2 Å². The summed E-state index contributed by atoms with van der Waals surface area (Å²) in [6.45, 7) is 1.62. The molecule has 108 valence electrons. The lowest BCUT2D eigenvalue weighted by Gasteiger charge is -2.18. The molecule has 2 rings (SSSR count). The normalized spacial score (nSPS) is 21.9. The molecule has 0 saturated carbocycles. The van der Waals surface area contributed by atoms with Crippen LogP contribution in [0.25, 0.3) is 0 Å². The predicted octanol–water partition coefficient (Wildman–Crippen LogP) is 1.60. The summed E-state index contributed by atoms with van der Waals surface area (Å²) < 4.78 is 5.31. The molecule has 6 heteroatoms. The third kappa shape index (κ3) is 5.10. The summed E-state index contributed by atoms with van der Waals surface area (Å²) in [6, 6.07) is 4.28. The maximum Gasteiger partial charge on any atom is 0.220 e. The molecule has 0 aromatic carbocycles. The van der Waals surface area contributed by atoms with Crippen molar-refractivity contribution in [2.24, 2.45) is 0 Å². The molecule has 1 amide bonds. The molecule has 1 aliphatic heterocycles. The second-order valence-corrected chi connectivity index (χ2v) is 5.57. The van der Waals surface area contributed by atoms with Gasteiger partial charge in [-0.05, 0) is 24.3 Å². The summed E-state index contributed by atoms with van der Waals surface area (Å²) in [5, 5.41) is 8.33. The third-order valence-electron chi connectivity index (χ3n) is 3.21. The smallest absolute Gasteiger partial charge is 0.220 e. The molecular weight excluding hydrogens is 284 g/mol. The van der Waals surface area contributed by atoms with E-state index in [0.717, 1.165) is 25.9 Å². The molecule has 0 spiro atoms. The number of methoxy groups -OCH3 is 1. The van der Waals surface area contributed by atoms with Crippen molar-refractivity contribution >= 4 is 29.7 Å². The van der Waals surface area contributed by atoms with Gasteiger partial charge in [-0.1, -0.05) is 6.07 Å². The highest BCUT2D eigenvalue weighted by Crippen LogP contribution is 2.12. The van der Waals surface area contributed by atoms with Gasteiger partial charge in [0.1, 0.15) is 0 Å². The first-order valence-corrected chi connectivity index (χ1v) is 7.23. The van der Waals surface area contributed by atoms with Crippen LogP contribution < -0.4 is 10.6 Å². The van der Waals surface area contributed by atoms with Crippen molar-refractivity contribution in [3.05, 3.63) is 22.4 Å². The Morgan fingerprint density at radius 1 is 1.58 bits per heavy atom. The molecule has 2 heterocycles. The van der Waals surface area contributed by atoms with Gasteiger partial charge in [0.05, 0.1) is 12.1 Å². The summed E-state index contributed by atoms with van der Waals surface area (Å²) >= 11 is 1.75. The van der Waals surface area contributed by atoms with E-state index in [1.807, 2.05) is 6.07 Å². The first-order valence-electron chi connectivity index (χ1n) is 6.35. The van der Waals surface area contributed by atoms with Gasteiger partial charge in [-0.15, -0.1) is 23.7 Å². The maximum atomic E-state index is 11.8. The van der Waals surface area contributed by atoms with Crippen LogP contribution in [0, 0.1) is 0 Å². The average molecular weight is 305 g/mol. The molecular formula is C13H21ClN2O2S. The number of carbonyl (C=O) groups excluding carboxylic acids is 1. The Morgan fingerprint density at radius 3 is 3.11 bits per heavy atom. The molecule has 1 aromatic heterocycles. The van der Waals surface area contributed by atoms with E-state index in [1.165, 1.54) is 4.88 Å². The van der Waals surface area contributed by atoms with Gasteiger partial charge < -0.3 is 15.4 Å². The molecule has 1 fully saturated rings. The van der Waals surface area contributed by atoms with Crippen LogP contribution in [0.3, 0.4) is 0 Å². The summed E-state index contributed by atoms with van der Waals surface area (Å²) in [7, 11) is 1.69. The Hall–Kier alpha value is -0.620. The minimum Gasteiger partial charge on any atom is -0.378 e. The molecule has 2 atom stereocenters. The van der Waals surface area contributed by atoms with E-state index in [1.54, 1.807) is 18.4 Å². The SMILES string of the molecule is CO[C@H]1CNC[C@@H]1NC(=O)CCCc1cccs1.Cl. The molecule has 1 aromatic rings. The number of nitrogens with one attached hydrogen (secondary N) is 2. The first kappa shape index (κ1) is 16.4. The van der Waals surface area contributed by atoms with Crippen molar-refractivity contribution in [1.29, 1.82) is 0 Å². The van der Waals surface area contributed by atoms with E-state index in [2.05, 4.69) is 22.1 Å². The molecule has 1 saturated heterocycles. The topological polar surface area (TPSA) is 50.4 Å². The largest absolute Gasteiger partial charge is 0.378 e. The second-order valence-electron chi connectivity index (χ2n) is 4.54. The number of hydrogen-bond acceptors (Lipinski definition) is 4. The van der Waals surface area contributed by atoms with Crippen LogP contribution in [0.15, 0.2) is 17.5 Å². The van der Waals surface area contributed by atoms with E-state index >= 15 is 0 Å². The summed E-state index contributed by atoms with van der Waals surface area (Å²) in [5.41, 5.74) is 0. The number of halogens is 1. The number of rotatable bonds is 6. The van der Waals surface area contributed by atoms with Gasteiger partial charge in [0, 0.05) is 31.5 Å². The van der Waals surface area contributed by atoms with Crippen LogP contribution in [0.5, 0.6) is 0 Å². The minimum absolute atomic E-state index is 0. The predicted molar refractivity (Wildman–Crippen MR) is 80.1 cm³/mol. The van der Waals surface area contributed by atoms with Gasteiger partial charge in [0.2, 0.25) is 5.91 Å². The zero-order valence-corrected chi connectivity index (χ0v) is 12.7. The monoisotopic (exact) mass is 304 g/mol. The van der Waals surface area contributed by atoms with Gasteiger partial charge in [0.25, 0.3) is 0 Å². The first-order chi connectivity index (χ1) is 8.79. The Morgan fingerprint density at radius 2 is 2.42 bits per heavy atom. The lowest BCUT2D eigenvalue weighted by atomic mass is 10.1. The number of ether oxygens (including phenoxy) is 1. The van der Waals surface area contributed by atoms with Crippen LogP contribution in [0.1, 0.15) is 17.7 Å². The molecule has 1 aliphatic rings. The van der Waals surface area contributed by atoms with Crippen LogP contribution in [0.2, 0.25) is 0 Å². The van der Waals surface area contributed by atoms with Crippen molar-refractivity contribution in [3.8, 4) is 0 Å². The zero-order valence-electron chi connectivity index (χ0n) is 11.1. The van der Waals surface area contributed by atoms with Gasteiger partial charge in [-0.3, -0.25) is 4.79 Å². The van der Waals surface area contributed by atoms with E-state index in [9.17, 15) is 4.79 Å². The highest BCUT2D eigenvalue weighted by Gasteiger charge is 2.27. The molecule has 0 unspecified atom stereocenters. The average Bonchev–Trinajstić information content (AvgIpc) is 3.00. The van der Waals surface area contributed by atoms with Gasteiger partial charge in [0.15, 0.2) is 0 Å². The quantitative estimate of drug-likeness (QED) is 0.839. The van der Waals surface area contributed by atoms with Crippen molar-refractivity contribution in [3.63, 3.8) is 0 Å². The number of carbonyl (C=O) groups is 1. The van der Waals surface area contributed by atoms with E-state index in [-0.39, 0.29) is 30.5 Å². The Labute approximate surface area is 124 Å². The van der Waals surface area contributed by atoms with E-state index < -0.39 is 0 Å². The van der Waals surface area contributed by atoms with Gasteiger partial charge in [-0.2, -0.15) is 0 Å². The fourth-order valence-corrected chi connectivity index (χ4v) is 2.95. The highest BCUT2D eigenvalue weighted by molar-refractivity contribution is 7.09. The van der Waals surface area contributed by atoms with Crippen molar-refractivity contribution < 1.29 is 9.53 Å². The van der Waals surface area contributed by atoms with Crippen LogP contribution in [-0.2, 0) is 16.0 Å². The highest BCUT2D eigenvalue weighted by atomic mass is 35.5. The summed E-state index contributed by atoms with van der Waals surface area (Å²) in [6.07, 6.45) is 2.59. The van der Waals surface area contributed by atoms with Gasteiger partial charge >= 0.3 is 0 Å². The molecule has 19 heavy (non-hydrogen) atoms. The van der Waals surface area contributed by atoms with Crippen LogP contribution in [-0.4, -0.2) is 38.3 Å².